The van der Waals surface area contributed by atoms with Gasteiger partial charge in [0, 0.05) is 17.8 Å². The van der Waals surface area contributed by atoms with Crippen LogP contribution in [0.4, 0.5) is 5.69 Å². The first-order valence-electron chi connectivity index (χ1n) is 7.49. The van der Waals surface area contributed by atoms with E-state index in [1.807, 2.05) is 45.0 Å². The quantitative estimate of drug-likeness (QED) is 0.840. The van der Waals surface area contributed by atoms with Crippen molar-refractivity contribution in [3.05, 3.63) is 24.3 Å². The number of anilines is 1. The van der Waals surface area contributed by atoms with E-state index in [0.29, 0.717) is 18.1 Å². The minimum atomic E-state index is -0.519. The fraction of sp³-hybridized carbons (Fsp3) is 0.467. The summed E-state index contributed by atoms with van der Waals surface area (Å²) in [6, 6.07) is 6.91. The largest absolute Gasteiger partial charge is 0.325 e. The van der Waals surface area contributed by atoms with Crippen LogP contribution in [0.2, 0.25) is 0 Å². The number of tetrazole rings is 1. The number of nitrogens with one attached hydrogen (secondary N) is 1. The summed E-state index contributed by atoms with van der Waals surface area (Å²) < 4.78 is 1.70. The predicted octanol–water partition coefficient (Wildman–Crippen LogP) is 2.09. The molecule has 3 N–H and O–H groups in total. The second kappa shape index (κ2) is 8.59. The van der Waals surface area contributed by atoms with Crippen molar-refractivity contribution in [3.63, 3.8) is 0 Å². The first kappa shape index (κ1) is 19.1. The number of carbonyl (C=O) groups is 1. The van der Waals surface area contributed by atoms with E-state index in [9.17, 15) is 4.79 Å². The summed E-state index contributed by atoms with van der Waals surface area (Å²) in [5.74, 6) is 0.627. The highest BCUT2D eigenvalue weighted by atomic mass is 35.5. The van der Waals surface area contributed by atoms with Gasteiger partial charge in [-0.25, -0.2) is 4.68 Å². The summed E-state index contributed by atoms with van der Waals surface area (Å²) in [6.07, 6.45) is 0.861. The number of halogens is 1. The summed E-state index contributed by atoms with van der Waals surface area (Å²) in [4.78, 5) is 12.2. The van der Waals surface area contributed by atoms with Gasteiger partial charge < -0.3 is 11.1 Å². The van der Waals surface area contributed by atoms with Crippen LogP contribution in [0.25, 0.3) is 11.4 Å². The molecule has 7 nitrogen and oxygen atoms in total. The molecule has 23 heavy (non-hydrogen) atoms. The van der Waals surface area contributed by atoms with Gasteiger partial charge in [0.1, 0.15) is 0 Å². The van der Waals surface area contributed by atoms with E-state index in [1.165, 1.54) is 0 Å². The topological polar surface area (TPSA) is 98.7 Å². The number of aromatic nitrogens is 4. The van der Waals surface area contributed by atoms with Crippen molar-refractivity contribution in [1.82, 2.24) is 20.2 Å². The minimum Gasteiger partial charge on any atom is -0.325 e. The lowest BCUT2D eigenvalue weighted by molar-refractivity contribution is -0.118. The Morgan fingerprint density at radius 3 is 2.78 bits per heavy atom. The molecule has 1 aromatic carbocycles. The lowest BCUT2D eigenvalue weighted by Gasteiger charge is -2.17. The summed E-state index contributed by atoms with van der Waals surface area (Å²) >= 11 is 0. The Bertz CT molecular complexity index is 644. The van der Waals surface area contributed by atoms with E-state index in [2.05, 4.69) is 20.8 Å². The molecule has 8 heteroatoms. The molecule has 2 aromatic rings. The molecule has 0 saturated carbocycles. The first-order chi connectivity index (χ1) is 10.6. The molecule has 126 valence electrons. The van der Waals surface area contributed by atoms with E-state index in [1.54, 1.807) is 4.68 Å². The maximum absolute atomic E-state index is 12.2. The van der Waals surface area contributed by atoms with Gasteiger partial charge in [0.25, 0.3) is 0 Å². The standard InChI is InChI=1S/C15H22N6O.ClH/c1-4-10(3)13(16)15(22)17-12-8-6-7-11(9-12)14-18-19-20-21(14)5-2;/h6-10,13H,4-5,16H2,1-3H3,(H,17,22);1H. The SMILES string of the molecule is CCC(C)C(N)C(=O)Nc1cccc(-c2nnnn2CC)c1.Cl. The Morgan fingerprint density at radius 2 is 2.13 bits per heavy atom. The lowest BCUT2D eigenvalue weighted by Crippen LogP contribution is -2.40. The van der Waals surface area contributed by atoms with Crippen LogP contribution >= 0.6 is 12.4 Å². The van der Waals surface area contributed by atoms with Gasteiger partial charge in [0.2, 0.25) is 5.91 Å². The average molecular weight is 339 g/mol. The zero-order chi connectivity index (χ0) is 16.1. The summed E-state index contributed by atoms with van der Waals surface area (Å²) in [5.41, 5.74) is 7.48. The van der Waals surface area contributed by atoms with E-state index < -0.39 is 6.04 Å². The fourth-order valence-corrected chi connectivity index (χ4v) is 2.10. The van der Waals surface area contributed by atoms with Gasteiger partial charge in [-0.3, -0.25) is 4.79 Å². The van der Waals surface area contributed by atoms with Crippen LogP contribution in [0.1, 0.15) is 27.2 Å². The lowest BCUT2D eigenvalue weighted by atomic mass is 9.99. The zero-order valence-electron chi connectivity index (χ0n) is 13.6. The van der Waals surface area contributed by atoms with Gasteiger partial charge in [0.05, 0.1) is 6.04 Å². The second-order valence-corrected chi connectivity index (χ2v) is 5.30. The highest BCUT2D eigenvalue weighted by Crippen LogP contribution is 2.20. The maximum atomic E-state index is 12.2. The van der Waals surface area contributed by atoms with Crippen molar-refractivity contribution in [2.45, 2.75) is 39.8 Å². The third-order valence-electron chi connectivity index (χ3n) is 3.78. The summed E-state index contributed by atoms with van der Waals surface area (Å²) in [5, 5.41) is 14.5. The Labute approximate surface area is 142 Å². The summed E-state index contributed by atoms with van der Waals surface area (Å²) in [7, 11) is 0. The number of benzene rings is 1. The smallest absolute Gasteiger partial charge is 0.241 e. The number of amides is 1. The molecule has 0 radical (unpaired) electrons. The van der Waals surface area contributed by atoms with Gasteiger partial charge in [-0.05, 0) is 35.4 Å². The molecule has 0 bridgehead atoms. The van der Waals surface area contributed by atoms with Crippen LogP contribution in [0, 0.1) is 5.92 Å². The number of rotatable bonds is 6. The van der Waals surface area contributed by atoms with Crippen LogP contribution < -0.4 is 11.1 Å². The van der Waals surface area contributed by atoms with Gasteiger partial charge in [0.15, 0.2) is 5.82 Å². The molecule has 0 spiro atoms. The Hall–Kier alpha value is -1.99. The highest BCUT2D eigenvalue weighted by molar-refractivity contribution is 5.95. The molecule has 0 aliphatic heterocycles. The van der Waals surface area contributed by atoms with Crippen molar-refractivity contribution in [2.24, 2.45) is 11.7 Å². The molecule has 0 aliphatic rings. The number of hydrogen-bond donors (Lipinski definition) is 2. The van der Waals surface area contributed by atoms with Gasteiger partial charge in [-0.2, -0.15) is 0 Å². The van der Waals surface area contributed by atoms with Crippen LogP contribution in [-0.2, 0) is 11.3 Å². The normalized spacial score (nSPS) is 13.0. The fourth-order valence-electron chi connectivity index (χ4n) is 2.10. The number of nitrogens with zero attached hydrogens (tertiary/aromatic N) is 4. The number of carbonyl (C=O) groups excluding carboxylic acids is 1. The molecule has 1 heterocycles. The third kappa shape index (κ3) is 4.49. The average Bonchev–Trinajstić information content (AvgIpc) is 3.02. The minimum absolute atomic E-state index is 0. The van der Waals surface area contributed by atoms with Crippen molar-refractivity contribution in [3.8, 4) is 11.4 Å². The van der Waals surface area contributed by atoms with E-state index >= 15 is 0 Å². The Morgan fingerprint density at radius 1 is 1.39 bits per heavy atom. The van der Waals surface area contributed by atoms with Crippen molar-refractivity contribution < 1.29 is 4.79 Å². The number of nitrogens with two attached hydrogens (primary N) is 1. The van der Waals surface area contributed by atoms with Crippen LogP contribution in [-0.4, -0.2) is 32.2 Å². The van der Waals surface area contributed by atoms with Gasteiger partial charge in [-0.15, -0.1) is 17.5 Å². The first-order valence-corrected chi connectivity index (χ1v) is 7.49. The molecular weight excluding hydrogens is 316 g/mol. The molecule has 1 amide bonds. The van der Waals surface area contributed by atoms with E-state index in [4.69, 9.17) is 5.73 Å². The number of aryl methyl sites for hydroxylation is 1. The van der Waals surface area contributed by atoms with Crippen LogP contribution in [0.3, 0.4) is 0 Å². The second-order valence-electron chi connectivity index (χ2n) is 5.30. The molecule has 2 atom stereocenters. The predicted molar refractivity (Wildman–Crippen MR) is 92.2 cm³/mol. The highest BCUT2D eigenvalue weighted by Gasteiger charge is 2.19. The zero-order valence-corrected chi connectivity index (χ0v) is 14.4. The summed E-state index contributed by atoms with van der Waals surface area (Å²) in [6.45, 7) is 6.63. The molecular formula is C15H23ClN6O. The maximum Gasteiger partial charge on any atom is 0.241 e. The monoisotopic (exact) mass is 338 g/mol. The molecule has 0 saturated heterocycles. The van der Waals surface area contributed by atoms with Crippen molar-refractivity contribution in [1.29, 1.82) is 0 Å². The third-order valence-corrected chi connectivity index (χ3v) is 3.78. The van der Waals surface area contributed by atoms with Crippen molar-refractivity contribution >= 4 is 24.0 Å². The van der Waals surface area contributed by atoms with Crippen molar-refractivity contribution in [2.75, 3.05) is 5.32 Å². The van der Waals surface area contributed by atoms with Crippen LogP contribution in [0.5, 0.6) is 0 Å². The molecule has 0 aliphatic carbocycles. The number of hydrogen-bond acceptors (Lipinski definition) is 5. The molecule has 2 rings (SSSR count). The van der Waals surface area contributed by atoms with Gasteiger partial charge in [-0.1, -0.05) is 32.4 Å². The molecule has 2 unspecified atom stereocenters. The van der Waals surface area contributed by atoms with Gasteiger partial charge >= 0.3 is 0 Å². The Kier molecular flexibility index (Phi) is 7.12. The molecule has 0 fully saturated rings. The van der Waals surface area contributed by atoms with Crippen LogP contribution in [0.15, 0.2) is 24.3 Å². The van der Waals surface area contributed by atoms with E-state index in [-0.39, 0.29) is 24.2 Å². The Balaban J connectivity index is 0.00000264. The van der Waals surface area contributed by atoms with E-state index in [0.717, 1.165) is 12.0 Å². The molecule has 1 aromatic heterocycles.